The second kappa shape index (κ2) is 6.10. The zero-order valence-corrected chi connectivity index (χ0v) is 9.20. The number of hydrogen-bond acceptors (Lipinski definition) is 3. The maximum absolute atomic E-state index is 13.2. The molecule has 4 heteroatoms. The Morgan fingerprint density at radius 2 is 2.25 bits per heavy atom. The molecule has 1 N–H and O–H groups in total. The maximum Gasteiger partial charge on any atom is 0.310 e. The van der Waals surface area contributed by atoms with Crippen LogP contribution in [0.1, 0.15) is 25.3 Å². The van der Waals surface area contributed by atoms with E-state index in [2.05, 4.69) is 0 Å². The van der Waals surface area contributed by atoms with Crippen molar-refractivity contribution in [3.63, 3.8) is 0 Å². The van der Waals surface area contributed by atoms with Gasteiger partial charge in [-0.05, 0) is 18.1 Å². The number of rotatable bonds is 5. The van der Waals surface area contributed by atoms with E-state index in [4.69, 9.17) is 9.84 Å². The number of unbranched alkanes of at least 4 members (excludes halogenated alkanes) is 1. The molecule has 0 radical (unpaired) electrons. The van der Waals surface area contributed by atoms with Crippen molar-refractivity contribution in [1.82, 2.24) is 0 Å². The number of carbonyl (C=O) groups excluding carboxylic acids is 1. The molecule has 1 aromatic rings. The molecule has 0 aromatic heterocycles. The van der Waals surface area contributed by atoms with Crippen LogP contribution in [0.3, 0.4) is 0 Å². The predicted molar refractivity (Wildman–Crippen MR) is 57.6 cm³/mol. The van der Waals surface area contributed by atoms with Crippen molar-refractivity contribution in [2.75, 3.05) is 6.61 Å². The third-order valence-corrected chi connectivity index (χ3v) is 2.13. The van der Waals surface area contributed by atoms with Crippen molar-refractivity contribution in [2.45, 2.75) is 26.2 Å². The van der Waals surface area contributed by atoms with Crippen LogP contribution in [0.2, 0.25) is 0 Å². The molecule has 0 unspecified atom stereocenters. The molecule has 0 saturated heterocycles. The van der Waals surface area contributed by atoms with Crippen LogP contribution < -0.4 is 0 Å². The molecule has 0 spiro atoms. The molecule has 0 heterocycles. The van der Waals surface area contributed by atoms with Crippen LogP contribution in [0.5, 0.6) is 5.75 Å². The van der Waals surface area contributed by atoms with Crippen LogP contribution in [0, 0.1) is 5.82 Å². The Balaban J connectivity index is 2.49. The van der Waals surface area contributed by atoms with E-state index in [1.807, 2.05) is 6.92 Å². The summed E-state index contributed by atoms with van der Waals surface area (Å²) < 4.78 is 18.1. The van der Waals surface area contributed by atoms with Crippen molar-refractivity contribution < 1.29 is 19.0 Å². The molecule has 88 valence electrons. The highest BCUT2D eigenvalue weighted by atomic mass is 19.1. The van der Waals surface area contributed by atoms with Gasteiger partial charge in [-0.1, -0.05) is 19.4 Å². The molecule has 0 fully saturated rings. The number of ether oxygens (including phenoxy) is 1. The highest BCUT2D eigenvalue weighted by molar-refractivity contribution is 5.72. The summed E-state index contributed by atoms with van der Waals surface area (Å²) in [5, 5.41) is 8.99. The first-order chi connectivity index (χ1) is 7.63. The lowest BCUT2D eigenvalue weighted by atomic mass is 10.1. The molecule has 0 aliphatic carbocycles. The first-order valence-corrected chi connectivity index (χ1v) is 5.26. The van der Waals surface area contributed by atoms with E-state index in [9.17, 15) is 9.18 Å². The van der Waals surface area contributed by atoms with Gasteiger partial charge in [-0.15, -0.1) is 0 Å². The lowest BCUT2D eigenvalue weighted by molar-refractivity contribution is -0.143. The summed E-state index contributed by atoms with van der Waals surface area (Å²) in [6.07, 6.45) is 1.65. The average Bonchev–Trinajstić information content (AvgIpc) is 2.23. The summed E-state index contributed by atoms with van der Waals surface area (Å²) in [5.41, 5.74) is 0.235. The maximum atomic E-state index is 13.2. The number of benzene rings is 1. The van der Waals surface area contributed by atoms with E-state index in [1.54, 1.807) is 0 Å². The van der Waals surface area contributed by atoms with Gasteiger partial charge in [0.15, 0.2) is 0 Å². The Labute approximate surface area is 93.9 Å². The van der Waals surface area contributed by atoms with Crippen molar-refractivity contribution in [3.05, 3.63) is 29.6 Å². The van der Waals surface area contributed by atoms with Crippen LogP contribution in [-0.4, -0.2) is 17.7 Å². The number of aromatic hydroxyl groups is 1. The number of phenols is 1. The molecule has 0 amide bonds. The van der Waals surface area contributed by atoms with Gasteiger partial charge in [0.1, 0.15) is 11.6 Å². The summed E-state index contributed by atoms with van der Waals surface area (Å²) in [6, 6.07) is 3.71. The minimum Gasteiger partial charge on any atom is -0.508 e. The fourth-order valence-corrected chi connectivity index (χ4v) is 1.22. The molecule has 0 bridgehead atoms. The zero-order valence-electron chi connectivity index (χ0n) is 9.20. The number of esters is 1. The minimum absolute atomic E-state index is 0.101. The second-order valence-electron chi connectivity index (χ2n) is 3.53. The SMILES string of the molecule is CCCCOC(=O)Cc1ccc(O)cc1F. The van der Waals surface area contributed by atoms with Crippen molar-refractivity contribution in [2.24, 2.45) is 0 Å². The first kappa shape index (κ1) is 12.5. The van der Waals surface area contributed by atoms with Crippen molar-refractivity contribution in [3.8, 4) is 5.75 Å². The van der Waals surface area contributed by atoms with Gasteiger partial charge in [0.25, 0.3) is 0 Å². The van der Waals surface area contributed by atoms with Crippen LogP contribution in [0.4, 0.5) is 4.39 Å². The first-order valence-electron chi connectivity index (χ1n) is 5.26. The van der Waals surface area contributed by atoms with E-state index >= 15 is 0 Å². The Bertz CT molecular complexity index is 363. The van der Waals surface area contributed by atoms with Gasteiger partial charge in [-0.25, -0.2) is 4.39 Å². The minimum atomic E-state index is -0.590. The highest BCUT2D eigenvalue weighted by Crippen LogP contribution is 2.15. The summed E-state index contributed by atoms with van der Waals surface area (Å²) >= 11 is 0. The molecule has 3 nitrogen and oxygen atoms in total. The number of halogens is 1. The summed E-state index contributed by atoms with van der Waals surface area (Å²) in [4.78, 5) is 11.3. The fraction of sp³-hybridized carbons (Fsp3) is 0.417. The van der Waals surface area contributed by atoms with E-state index in [0.29, 0.717) is 6.61 Å². The molecule has 0 atom stereocenters. The van der Waals surface area contributed by atoms with Gasteiger partial charge >= 0.3 is 5.97 Å². The van der Waals surface area contributed by atoms with Crippen LogP contribution >= 0.6 is 0 Å². The van der Waals surface area contributed by atoms with Gasteiger partial charge in [-0.2, -0.15) is 0 Å². The van der Waals surface area contributed by atoms with E-state index < -0.39 is 11.8 Å². The lowest BCUT2D eigenvalue weighted by Crippen LogP contribution is -2.10. The van der Waals surface area contributed by atoms with E-state index in [-0.39, 0.29) is 17.7 Å². The normalized spacial score (nSPS) is 10.1. The Hall–Kier alpha value is -1.58. The molecular formula is C12H15FO3. The molecule has 0 saturated carbocycles. The molecule has 1 aromatic carbocycles. The molecule has 0 aliphatic heterocycles. The highest BCUT2D eigenvalue weighted by Gasteiger charge is 2.09. The quantitative estimate of drug-likeness (QED) is 0.619. The summed E-state index contributed by atoms with van der Waals surface area (Å²) in [5.74, 6) is -1.19. The topological polar surface area (TPSA) is 46.5 Å². The Kier molecular flexibility index (Phi) is 4.76. The molecule has 0 aliphatic rings. The van der Waals surface area contributed by atoms with E-state index in [1.165, 1.54) is 12.1 Å². The van der Waals surface area contributed by atoms with E-state index in [0.717, 1.165) is 18.9 Å². The predicted octanol–water partition coefficient (Wildman–Crippen LogP) is 2.42. The van der Waals surface area contributed by atoms with Gasteiger partial charge in [-0.3, -0.25) is 4.79 Å². The van der Waals surface area contributed by atoms with Gasteiger partial charge in [0, 0.05) is 6.07 Å². The van der Waals surface area contributed by atoms with Gasteiger partial charge in [0.2, 0.25) is 0 Å². The van der Waals surface area contributed by atoms with Crippen molar-refractivity contribution in [1.29, 1.82) is 0 Å². The number of phenolic OH excluding ortho intramolecular Hbond substituents is 1. The summed E-state index contributed by atoms with van der Waals surface area (Å²) in [6.45, 7) is 2.36. The monoisotopic (exact) mass is 226 g/mol. The molecular weight excluding hydrogens is 211 g/mol. The van der Waals surface area contributed by atoms with Crippen LogP contribution in [0.25, 0.3) is 0 Å². The molecule has 1 rings (SSSR count). The second-order valence-corrected chi connectivity index (χ2v) is 3.53. The smallest absolute Gasteiger partial charge is 0.310 e. The third-order valence-electron chi connectivity index (χ3n) is 2.13. The molecule has 16 heavy (non-hydrogen) atoms. The number of hydrogen-bond donors (Lipinski definition) is 1. The van der Waals surface area contributed by atoms with Crippen LogP contribution in [-0.2, 0) is 16.0 Å². The Morgan fingerprint density at radius 3 is 2.88 bits per heavy atom. The lowest BCUT2D eigenvalue weighted by Gasteiger charge is -2.05. The third kappa shape index (κ3) is 3.88. The van der Waals surface area contributed by atoms with Crippen LogP contribution in [0.15, 0.2) is 18.2 Å². The Morgan fingerprint density at radius 1 is 1.50 bits per heavy atom. The summed E-state index contributed by atoms with van der Waals surface area (Å²) in [7, 11) is 0. The zero-order chi connectivity index (χ0) is 12.0. The standard InChI is InChI=1S/C12H15FO3/c1-2-3-6-16-12(15)7-9-4-5-10(14)8-11(9)13/h4-5,8,14H,2-3,6-7H2,1H3. The number of carbonyl (C=O) groups is 1. The van der Waals surface area contributed by atoms with Gasteiger partial charge in [0.05, 0.1) is 13.0 Å². The average molecular weight is 226 g/mol. The fourth-order valence-electron chi connectivity index (χ4n) is 1.22. The largest absolute Gasteiger partial charge is 0.508 e. The van der Waals surface area contributed by atoms with Gasteiger partial charge < -0.3 is 9.84 Å². The van der Waals surface area contributed by atoms with Crippen molar-refractivity contribution >= 4 is 5.97 Å².